The van der Waals surface area contributed by atoms with Gasteiger partial charge in [-0.05, 0) is 38.4 Å². The minimum atomic E-state index is 0.352. The lowest BCUT2D eigenvalue weighted by atomic mass is 10.0. The predicted molar refractivity (Wildman–Crippen MR) is 83.9 cm³/mol. The first-order valence-electron chi connectivity index (χ1n) is 7.39. The van der Waals surface area contributed by atoms with Crippen molar-refractivity contribution in [3.63, 3.8) is 0 Å². The van der Waals surface area contributed by atoms with Crippen LogP contribution in [0, 0.1) is 13.8 Å². The molecular formula is C17H25N3. The second kappa shape index (κ2) is 6.71. The van der Waals surface area contributed by atoms with Crippen LogP contribution in [-0.2, 0) is 13.5 Å². The molecule has 1 unspecified atom stereocenters. The lowest BCUT2D eigenvalue weighted by molar-refractivity contribution is 0.512. The molecule has 0 bridgehead atoms. The molecule has 1 heterocycles. The van der Waals surface area contributed by atoms with Crippen LogP contribution in [0.25, 0.3) is 0 Å². The molecule has 20 heavy (non-hydrogen) atoms. The zero-order valence-electron chi connectivity index (χ0n) is 13.0. The van der Waals surface area contributed by atoms with E-state index in [1.54, 1.807) is 0 Å². The van der Waals surface area contributed by atoms with E-state index >= 15 is 0 Å². The molecular weight excluding hydrogens is 246 g/mol. The smallest absolute Gasteiger partial charge is 0.0596 e. The summed E-state index contributed by atoms with van der Waals surface area (Å²) in [7, 11) is 2.02. The van der Waals surface area contributed by atoms with Gasteiger partial charge in [0, 0.05) is 25.2 Å². The normalized spacial score (nSPS) is 12.6. The fourth-order valence-electron chi connectivity index (χ4n) is 2.49. The third-order valence-electron chi connectivity index (χ3n) is 3.63. The van der Waals surface area contributed by atoms with Crippen molar-refractivity contribution in [2.75, 3.05) is 6.54 Å². The van der Waals surface area contributed by atoms with Gasteiger partial charge in [-0.15, -0.1) is 0 Å². The van der Waals surface area contributed by atoms with Crippen LogP contribution in [0.1, 0.15) is 41.9 Å². The quantitative estimate of drug-likeness (QED) is 0.873. The molecule has 2 rings (SSSR count). The summed E-state index contributed by atoms with van der Waals surface area (Å²) in [6.45, 7) is 7.41. The summed E-state index contributed by atoms with van der Waals surface area (Å²) in [6, 6.07) is 11.4. The second-order valence-electron chi connectivity index (χ2n) is 5.52. The summed E-state index contributed by atoms with van der Waals surface area (Å²) in [5, 5.41) is 8.09. The first kappa shape index (κ1) is 14.8. The molecule has 0 aliphatic heterocycles. The molecule has 3 heteroatoms. The molecule has 108 valence electrons. The molecule has 3 nitrogen and oxygen atoms in total. The van der Waals surface area contributed by atoms with E-state index in [1.165, 1.54) is 16.8 Å². The van der Waals surface area contributed by atoms with Crippen LogP contribution in [0.3, 0.4) is 0 Å². The van der Waals surface area contributed by atoms with E-state index in [0.29, 0.717) is 6.04 Å². The van der Waals surface area contributed by atoms with E-state index < -0.39 is 0 Å². The first-order chi connectivity index (χ1) is 9.60. The summed E-state index contributed by atoms with van der Waals surface area (Å²) in [5.41, 5.74) is 5.01. The standard InChI is InChI=1S/C17H25N3/c1-5-10-18-17(15-8-6-13(2)7-9-15)12-16-11-14(3)19-20(16)4/h6-9,11,17-18H,5,10,12H2,1-4H3. The Balaban J connectivity index is 2.18. The topological polar surface area (TPSA) is 29.9 Å². The van der Waals surface area contributed by atoms with E-state index in [1.807, 2.05) is 18.7 Å². The number of aryl methyl sites for hydroxylation is 3. The summed E-state index contributed by atoms with van der Waals surface area (Å²) in [5.74, 6) is 0. The molecule has 0 fully saturated rings. The number of hydrogen-bond acceptors (Lipinski definition) is 2. The number of rotatable bonds is 6. The van der Waals surface area contributed by atoms with Crippen molar-refractivity contribution in [3.05, 3.63) is 52.8 Å². The van der Waals surface area contributed by atoms with E-state index in [4.69, 9.17) is 0 Å². The Labute approximate surface area is 122 Å². The summed E-state index contributed by atoms with van der Waals surface area (Å²) >= 11 is 0. The number of nitrogens with zero attached hydrogens (tertiary/aromatic N) is 2. The number of nitrogens with one attached hydrogen (secondary N) is 1. The molecule has 0 saturated carbocycles. The lowest BCUT2D eigenvalue weighted by Gasteiger charge is -2.19. The van der Waals surface area contributed by atoms with Gasteiger partial charge in [-0.2, -0.15) is 5.10 Å². The number of benzene rings is 1. The van der Waals surface area contributed by atoms with Crippen LogP contribution < -0.4 is 5.32 Å². The molecule has 0 amide bonds. The Morgan fingerprint density at radius 2 is 1.90 bits per heavy atom. The van der Waals surface area contributed by atoms with Crippen molar-refractivity contribution in [2.45, 2.75) is 39.7 Å². The first-order valence-corrected chi connectivity index (χ1v) is 7.39. The molecule has 0 saturated heterocycles. The van der Waals surface area contributed by atoms with E-state index in [9.17, 15) is 0 Å². The fourth-order valence-corrected chi connectivity index (χ4v) is 2.49. The zero-order valence-corrected chi connectivity index (χ0v) is 13.0. The molecule has 1 atom stereocenters. The minimum Gasteiger partial charge on any atom is -0.310 e. The third kappa shape index (κ3) is 3.70. The molecule has 1 aromatic heterocycles. The average molecular weight is 271 g/mol. The van der Waals surface area contributed by atoms with Gasteiger partial charge in [0.25, 0.3) is 0 Å². The summed E-state index contributed by atoms with van der Waals surface area (Å²) in [4.78, 5) is 0. The lowest BCUT2D eigenvalue weighted by Crippen LogP contribution is -2.25. The highest BCUT2D eigenvalue weighted by Crippen LogP contribution is 2.19. The van der Waals surface area contributed by atoms with E-state index in [-0.39, 0.29) is 0 Å². The van der Waals surface area contributed by atoms with Crippen molar-refractivity contribution < 1.29 is 0 Å². The van der Waals surface area contributed by atoms with E-state index in [0.717, 1.165) is 25.1 Å². The Hall–Kier alpha value is -1.61. The highest BCUT2D eigenvalue weighted by Gasteiger charge is 2.14. The molecule has 0 radical (unpaired) electrons. The Kier molecular flexibility index (Phi) is 4.96. The second-order valence-corrected chi connectivity index (χ2v) is 5.52. The van der Waals surface area contributed by atoms with Crippen LogP contribution >= 0.6 is 0 Å². The van der Waals surface area contributed by atoms with Crippen LogP contribution in [-0.4, -0.2) is 16.3 Å². The summed E-state index contributed by atoms with van der Waals surface area (Å²) in [6.07, 6.45) is 2.12. The zero-order chi connectivity index (χ0) is 14.5. The van der Waals surface area contributed by atoms with Gasteiger partial charge in [0.1, 0.15) is 0 Å². The van der Waals surface area contributed by atoms with Gasteiger partial charge in [0.15, 0.2) is 0 Å². The van der Waals surface area contributed by atoms with Crippen molar-refractivity contribution in [1.29, 1.82) is 0 Å². The fraction of sp³-hybridized carbons (Fsp3) is 0.471. The van der Waals surface area contributed by atoms with Gasteiger partial charge in [0.05, 0.1) is 5.69 Å². The predicted octanol–water partition coefficient (Wildman–Crippen LogP) is 3.32. The molecule has 1 N–H and O–H groups in total. The van der Waals surface area contributed by atoms with Crippen LogP contribution in [0.5, 0.6) is 0 Å². The highest BCUT2D eigenvalue weighted by atomic mass is 15.3. The molecule has 2 aromatic rings. The average Bonchev–Trinajstić information content (AvgIpc) is 2.74. The molecule has 1 aromatic carbocycles. The maximum Gasteiger partial charge on any atom is 0.0596 e. The maximum absolute atomic E-state index is 4.44. The van der Waals surface area contributed by atoms with E-state index in [2.05, 4.69) is 54.6 Å². The molecule has 0 aliphatic rings. The van der Waals surface area contributed by atoms with Crippen molar-refractivity contribution in [3.8, 4) is 0 Å². The highest BCUT2D eigenvalue weighted by molar-refractivity contribution is 5.25. The maximum atomic E-state index is 4.44. The van der Waals surface area contributed by atoms with Gasteiger partial charge in [0.2, 0.25) is 0 Å². The van der Waals surface area contributed by atoms with Gasteiger partial charge in [-0.1, -0.05) is 36.8 Å². The van der Waals surface area contributed by atoms with Gasteiger partial charge < -0.3 is 5.32 Å². The summed E-state index contributed by atoms with van der Waals surface area (Å²) < 4.78 is 1.99. The number of aromatic nitrogens is 2. The van der Waals surface area contributed by atoms with Crippen LogP contribution in [0.2, 0.25) is 0 Å². The minimum absolute atomic E-state index is 0.352. The molecule has 0 spiro atoms. The number of hydrogen-bond donors (Lipinski definition) is 1. The van der Waals surface area contributed by atoms with Crippen molar-refractivity contribution >= 4 is 0 Å². The monoisotopic (exact) mass is 271 g/mol. The SMILES string of the molecule is CCCNC(Cc1cc(C)nn1C)c1ccc(C)cc1. The Bertz CT molecular complexity index is 540. The van der Waals surface area contributed by atoms with Crippen LogP contribution in [0.4, 0.5) is 0 Å². The van der Waals surface area contributed by atoms with Crippen LogP contribution in [0.15, 0.2) is 30.3 Å². The van der Waals surface area contributed by atoms with Gasteiger partial charge in [-0.3, -0.25) is 4.68 Å². The van der Waals surface area contributed by atoms with Crippen molar-refractivity contribution in [2.24, 2.45) is 7.05 Å². The van der Waals surface area contributed by atoms with Gasteiger partial charge >= 0.3 is 0 Å². The molecule has 0 aliphatic carbocycles. The Morgan fingerprint density at radius 3 is 2.45 bits per heavy atom. The Morgan fingerprint density at radius 1 is 1.20 bits per heavy atom. The largest absolute Gasteiger partial charge is 0.310 e. The van der Waals surface area contributed by atoms with Crippen molar-refractivity contribution in [1.82, 2.24) is 15.1 Å². The van der Waals surface area contributed by atoms with Gasteiger partial charge in [-0.25, -0.2) is 0 Å². The third-order valence-corrected chi connectivity index (χ3v) is 3.63.